The summed E-state index contributed by atoms with van der Waals surface area (Å²) in [5.74, 6) is 0.756. The summed E-state index contributed by atoms with van der Waals surface area (Å²) in [5.41, 5.74) is 2.23. The smallest absolute Gasteiger partial charge is 0.171 e. The number of benzene rings is 2. The highest BCUT2D eigenvalue weighted by atomic mass is 79.9. The van der Waals surface area contributed by atoms with Gasteiger partial charge >= 0.3 is 0 Å². The van der Waals surface area contributed by atoms with Gasteiger partial charge in [0.05, 0.1) is 12.7 Å². The van der Waals surface area contributed by atoms with Gasteiger partial charge in [0, 0.05) is 16.3 Å². The van der Waals surface area contributed by atoms with Crippen molar-refractivity contribution in [2.75, 3.05) is 7.11 Å². The number of Topliss-reactive ketones (excluding diaryl/α,β-unsaturated/α-hetero) is 1. The molecule has 3 aromatic rings. The van der Waals surface area contributed by atoms with Crippen molar-refractivity contribution in [3.8, 4) is 5.75 Å². The molecule has 0 amide bonds. The second kappa shape index (κ2) is 5.74. The largest absolute Gasteiger partial charge is 0.497 e. The van der Waals surface area contributed by atoms with Gasteiger partial charge in [-0.25, -0.2) is 0 Å². The fourth-order valence-electron chi connectivity index (χ4n) is 2.28. The van der Waals surface area contributed by atoms with Gasteiger partial charge in [-0.2, -0.15) is 0 Å². The molecule has 0 spiro atoms. The zero-order valence-electron chi connectivity index (χ0n) is 11.4. The van der Waals surface area contributed by atoms with E-state index in [1.165, 1.54) is 6.26 Å². The number of hydrogen-bond donors (Lipinski definition) is 0. The molecule has 0 saturated carbocycles. The average Bonchev–Trinajstić information content (AvgIpc) is 2.93. The third-order valence-corrected chi connectivity index (χ3v) is 4.16. The molecule has 2 aromatic carbocycles. The number of hydrogen-bond acceptors (Lipinski definition) is 3. The van der Waals surface area contributed by atoms with Crippen LogP contribution in [0.2, 0.25) is 0 Å². The summed E-state index contributed by atoms with van der Waals surface area (Å²) >= 11 is 3.47. The van der Waals surface area contributed by atoms with Gasteiger partial charge in [0.25, 0.3) is 0 Å². The van der Waals surface area contributed by atoms with Gasteiger partial charge in [-0.05, 0) is 29.8 Å². The lowest BCUT2D eigenvalue weighted by Crippen LogP contribution is -2.03. The number of para-hydroxylation sites is 1. The molecule has 3 nitrogen and oxygen atoms in total. The Morgan fingerprint density at radius 1 is 1.24 bits per heavy atom. The first-order valence-electron chi connectivity index (χ1n) is 6.51. The van der Waals surface area contributed by atoms with Gasteiger partial charge in [0.1, 0.15) is 17.6 Å². The van der Waals surface area contributed by atoms with E-state index in [2.05, 4.69) is 15.9 Å². The summed E-state index contributed by atoms with van der Waals surface area (Å²) in [6.45, 7) is 0. The minimum absolute atomic E-state index is 0.0221. The SMILES string of the molecule is COc1ccc(Br)c(CC(=O)c2coc3ccccc23)c1. The van der Waals surface area contributed by atoms with Crippen molar-refractivity contribution in [2.45, 2.75) is 6.42 Å². The molecule has 0 aliphatic rings. The molecule has 106 valence electrons. The van der Waals surface area contributed by atoms with E-state index in [9.17, 15) is 4.79 Å². The van der Waals surface area contributed by atoms with Crippen LogP contribution in [0.3, 0.4) is 0 Å². The maximum atomic E-state index is 12.5. The van der Waals surface area contributed by atoms with Crippen LogP contribution < -0.4 is 4.74 Å². The first-order chi connectivity index (χ1) is 10.2. The quantitative estimate of drug-likeness (QED) is 0.647. The van der Waals surface area contributed by atoms with Gasteiger partial charge in [-0.15, -0.1) is 0 Å². The third kappa shape index (κ3) is 2.72. The second-order valence-electron chi connectivity index (χ2n) is 4.70. The summed E-state index contributed by atoms with van der Waals surface area (Å²) in [6, 6.07) is 13.1. The molecule has 21 heavy (non-hydrogen) atoms. The van der Waals surface area contributed by atoms with E-state index >= 15 is 0 Å². The number of carbonyl (C=O) groups is 1. The molecule has 0 atom stereocenters. The van der Waals surface area contributed by atoms with Crippen LogP contribution in [0.5, 0.6) is 5.75 Å². The van der Waals surface area contributed by atoms with Gasteiger partial charge in [0.2, 0.25) is 0 Å². The number of ether oxygens (including phenoxy) is 1. The molecule has 0 bridgehead atoms. The normalized spacial score (nSPS) is 10.8. The van der Waals surface area contributed by atoms with Crippen LogP contribution >= 0.6 is 15.9 Å². The Morgan fingerprint density at radius 2 is 2.05 bits per heavy atom. The molecule has 3 rings (SSSR count). The minimum Gasteiger partial charge on any atom is -0.497 e. The second-order valence-corrected chi connectivity index (χ2v) is 5.56. The van der Waals surface area contributed by atoms with Gasteiger partial charge in [-0.1, -0.05) is 34.1 Å². The van der Waals surface area contributed by atoms with Crippen molar-refractivity contribution < 1.29 is 13.9 Å². The number of ketones is 1. The number of halogens is 1. The Bertz CT molecular complexity index is 805. The maximum absolute atomic E-state index is 12.5. The van der Waals surface area contributed by atoms with Crippen LogP contribution in [0.15, 0.2) is 57.6 Å². The van der Waals surface area contributed by atoms with Crippen molar-refractivity contribution in [2.24, 2.45) is 0 Å². The summed E-state index contributed by atoms with van der Waals surface area (Å²) in [7, 11) is 1.61. The third-order valence-electron chi connectivity index (χ3n) is 3.39. The van der Waals surface area contributed by atoms with Gasteiger partial charge in [-0.3, -0.25) is 4.79 Å². The maximum Gasteiger partial charge on any atom is 0.171 e. The summed E-state index contributed by atoms with van der Waals surface area (Å²) in [5, 5.41) is 0.849. The van der Waals surface area contributed by atoms with Crippen molar-refractivity contribution in [1.29, 1.82) is 0 Å². The fraction of sp³-hybridized carbons (Fsp3) is 0.118. The van der Waals surface area contributed by atoms with Crippen LogP contribution in [-0.2, 0) is 6.42 Å². The Balaban J connectivity index is 1.93. The first kappa shape index (κ1) is 13.9. The zero-order valence-corrected chi connectivity index (χ0v) is 13.0. The van der Waals surface area contributed by atoms with Crippen molar-refractivity contribution in [3.05, 3.63) is 64.3 Å². The van der Waals surface area contributed by atoms with Crippen LogP contribution in [0, 0.1) is 0 Å². The molecule has 0 N–H and O–H groups in total. The molecule has 0 fully saturated rings. The Kier molecular flexibility index (Phi) is 3.80. The molecule has 1 aromatic heterocycles. The number of fused-ring (bicyclic) bond motifs is 1. The highest BCUT2D eigenvalue weighted by Crippen LogP contribution is 2.26. The van der Waals surface area contributed by atoms with E-state index < -0.39 is 0 Å². The van der Waals surface area contributed by atoms with Gasteiger partial charge in [0.15, 0.2) is 5.78 Å². The van der Waals surface area contributed by atoms with Crippen molar-refractivity contribution in [3.63, 3.8) is 0 Å². The fourth-order valence-corrected chi connectivity index (χ4v) is 2.66. The molecule has 1 heterocycles. The van der Waals surface area contributed by atoms with Crippen molar-refractivity contribution >= 4 is 32.7 Å². The van der Waals surface area contributed by atoms with E-state index in [4.69, 9.17) is 9.15 Å². The van der Waals surface area contributed by atoms with E-state index in [1.807, 2.05) is 42.5 Å². The number of rotatable bonds is 4. The summed E-state index contributed by atoms with van der Waals surface area (Å²) < 4.78 is 11.5. The van der Waals surface area contributed by atoms with E-state index in [1.54, 1.807) is 7.11 Å². The van der Waals surface area contributed by atoms with E-state index in [-0.39, 0.29) is 5.78 Å². The summed E-state index contributed by atoms with van der Waals surface area (Å²) in [6.07, 6.45) is 1.82. The predicted octanol–water partition coefficient (Wildman–Crippen LogP) is 4.63. The molecule has 0 aliphatic carbocycles. The number of furan rings is 1. The number of carbonyl (C=O) groups excluding carboxylic acids is 1. The number of methoxy groups -OCH3 is 1. The van der Waals surface area contributed by atoms with Crippen molar-refractivity contribution in [1.82, 2.24) is 0 Å². The van der Waals surface area contributed by atoms with Gasteiger partial charge < -0.3 is 9.15 Å². The van der Waals surface area contributed by atoms with Crippen LogP contribution in [-0.4, -0.2) is 12.9 Å². The highest BCUT2D eigenvalue weighted by Gasteiger charge is 2.15. The summed E-state index contributed by atoms with van der Waals surface area (Å²) in [4.78, 5) is 12.5. The topological polar surface area (TPSA) is 39.4 Å². The minimum atomic E-state index is 0.0221. The van der Waals surface area contributed by atoms with E-state index in [0.717, 1.165) is 26.8 Å². The Labute approximate surface area is 130 Å². The molecule has 0 radical (unpaired) electrons. The molecule has 4 heteroatoms. The predicted molar refractivity (Wildman–Crippen MR) is 84.9 cm³/mol. The van der Waals surface area contributed by atoms with Crippen LogP contribution in [0.25, 0.3) is 11.0 Å². The molecule has 0 saturated heterocycles. The Morgan fingerprint density at radius 3 is 2.86 bits per heavy atom. The molecular formula is C17H13BrO3. The lowest BCUT2D eigenvalue weighted by molar-refractivity contribution is 0.0993. The highest BCUT2D eigenvalue weighted by molar-refractivity contribution is 9.10. The molecule has 0 unspecified atom stereocenters. The lowest BCUT2D eigenvalue weighted by atomic mass is 10.0. The average molecular weight is 345 g/mol. The van der Waals surface area contributed by atoms with Crippen LogP contribution in [0.1, 0.15) is 15.9 Å². The van der Waals surface area contributed by atoms with Crippen LogP contribution in [0.4, 0.5) is 0 Å². The first-order valence-corrected chi connectivity index (χ1v) is 7.30. The Hall–Kier alpha value is -2.07. The molecule has 0 aliphatic heterocycles. The lowest BCUT2D eigenvalue weighted by Gasteiger charge is -2.06. The van der Waals surface area contributed by atoms with E-state index in [0.29, 0.717) is 12.0 Å². The zero-order chi connectivity index (χ0) is 14.8. The standard InChI is InChI=1S/C17H13BrO3/c1-20-12-6-7-15(18)11(8-12)9-16(19)14-10-21-17-5-3-2-4-13(14)17/h2-8,10H,9H2,1H3. The monoisotopic (exact) mass is 344 g/mol. The molecular weight excluding hydrogens is 332 g/mol.